The molecule has 150 valence electrons. The number of allylic oxidation sites excluding steroid dienone is 1. The van der Waals surface area contributed by atoms with Crippen LogP contribution in [0.1, 0.15) is 12.5 Å². The number of hydrogen-bond acceptors (Lipinski definition) is 3. The number of hydrogen-bond donors (Lipinski definition) is 1. The second-order valence-electron chi connectivity index (χ2n) is 6.89. The molecule has 0 aliphatic heterocycles. The van der Waals surface area contributed by atoms with E-state index in [1.807, 2.05) is 49.4 Å². The van der Waals surface area contributed by atoms with Crippen LogP contribution in [0, 0.1) is 0 Å². The Kier molecular flexibility index (Phi) is 5.59. The van der Waals surface area contributed by atoms with Crippen LogP contribution in [-0.2, 0) is 4.79 Å². The zero-order valence-electron chi connectivity index (χ0n) is 16.6. The monoisotopic (exact) mass is 417 g/mol. The number of carbonyl (C=O) groups is 1. The van der Waals surface area contributed by atoms with Gasteiger partial charge in [0.1, 0.15) is 11.3 Å². The Balaban J connectivity index is 1.70. The molecule has 4 rings (SSSR count). The van der Waals surface area contributed by atoms with E-state index >= 15 is 0 Å². The Hall–Kier alpha value is -3.50. The van der Waals surface area contributed by atoms with Crippen molar-refractivity contribution in [1.29, 1.82) is 0 Å². The lowest BCUT2D eigenvalue weighted by atomic mass is 9.99. The van der Waals surface area contributed by atoms with Crippen molar-refractivity contribution in [2.24, 2.45) is 0 Å². The van der Waals surface area contributed by atoms with Crippen molar-refractivity contribution in [2.45, 2.75) is 6.92 Å². The Morgan fingerprint density at radius 3 is 2.50 bits per heavy atom. The van der Waals surface area contributed by atoms with Gasteiger partial charge < -0.3 is 14.5 Å². The van der Waals surface area contributed by atoms with Crippen molar-refractivity contribution in [1.82, 2.24) is 0 Å². The zero-order chi connectivity index (χ0) is 21.1. The van der Waals surface area contributed by atoms with Gasteiger partial charge in [0.25, 0.3) is 0 Å². The molecule has 3 aromatic carbocycles. The number of amides is 1. The molecule has 0 aliphatic rings. The van der Waals surface area contributed by atoms with Crippen molar-refractivity contribution in [3.8, 4) is 16.9 Å². The highest BCUT2D eigenvalue weighted by molar-refractivity contribution is 6.30. The molecule has 4 nitrogen and oxygen atoms in total. The van der Waals surface area contributed by atoms with Crippen LogP contribution in [0.2, 0.25) is 5.02 Å². The molecule has 1 N–H and O–H groups in total. The van der Waals surface area contributed by atoms with E-state index in [-0.39, 0.29) is 5.91 Å². The molecule has 4 aromatic rings. The first-order valence-electron chi connectivity index (χ1n) is 9.45. The minimum atomic E-state index is -0.229. The quantitative estimate of drug-likeness (QED) is 0.363. The van der Waals surface area contributed by atoms with Crippen LogP contribution in [-0.4, -0.2) is 13.0 Å². The molecule has 0 radical (unpaired) electrons. The first-order valence-corrected chi connectivity index (χ1v) is 9.83. The summed E-state index contributed by atoms with van der Waals surface area (Å²) in [4.78, 5) is 12.5. The minimum absolute atomic E-state index is 0.229. The number of rotatable bonds is 5. The lowest BCUT2D eigenvalue weighted by Gasteiger charge is -2.10. The van der Waals surface area contributed by atoms with Gasteiger partial charge in [-0.2, -0.15) is 0 Å². The molecule has 1 amide bonds. The van der Waals surface area contributed by atoms with E-state index in [0.29, 0.717) is 16.5 Å². The molecule has 1 heterocycles. The van der Waals surface area contributed by atoms with E-state index in [4.69, 9.17) is 20.8 Å². The molecular weight excluding hydrogens is 398 g/mol. The van der Waals surface area contributed by atoms with Crippen LogP contribution in [0.25, 0.3) is 27.7 Å². The third kappa shape index (κ3) is 4.09. The highest BCUT2D eigenvalue weighted by Crippen LogP contribution is 2.37. The summed E-state index contributed by atoms with van der Waals surface area (Å²) >= 11 is 5.90. The summed E-state index contributed by atoms with van der Waals surface area (Å²) in [6.07, 6.45) is 3.30. The van der Waals surface area contributed by atoms with Crippen LogP contribution in [0.15, 0.2) is 83.5 Å². The van der Waals surface area contributed by atoms with Crippen LogP contribution >= 0.6 is 11.6 Å². The fraction of sp³-hybridized carbons (Fsp3) is 0.0800. The predicted molar refractivity (Wildman–Crippen MR) is 122 cm³/mol. The van der Waals surface area contributed by atoms with Crippen LogP contribution in [0.3, 0.4) is 0 Å². The van der Waals surface area contributed by atoms with Crippen molar-refractivity contribution < 1.29 is 13.9 Å². The third-order valence-electron chi connectivity index (χ3n) is 4.86. The number of ether oxygens (including phenoxy) is 1. The maximum atomic E-state index is 12.5. The van der Waals surface area contributed by atoms with Crippen LogP contribution in [0.4, 0.5) is 5.69 Å². The number of carbonyl (C=O) groups excluding carboxylic acids is 1. The molecule has 1 aromatic heterocycles. The van der Waals surface area contributed by atoms with E-state index in [0.717, 1.165) is 33.2 Å². The average molecular weight is 418 g/mol. The minimum Gasteiger partial charge on any atom is -0.496 e. The van der Waals surface area contributed by atoms with Crippen molar-refractivity contribution in [3.05, 3.63) is 89.7 Å². The maximum Gasteiger partial charge on any atom is 0.248 e. The SMILES string of the molecule is COc1cc2occ(-c3ccccc3)c2cc1/C(C)=C/C(=O)Nc1ccc(Cl)cc1. The lowest BCUT2D eigenvalue weighted by Crippen LogP contribution is -2.08. The summed E-state index contributed by atoms with van der Waals surface area (Å²) in [6.45, 7) is 1.88. The molecular formula is C25H20ClNO3. The van der Waals surface area contributed by atoms with Gasteiger partial charge in [0.05, 0.1) is 13.4 Å². The number of furan rings is 1. The zero-order valence-corrected chi connectivity index (χ0v) is 17.4. The van der Waals surface area contributed by atoms with Crippen molar-refractivity contribution in [2.75, 3.05) is 12.4 Å². The van der Waals surface area contributed by atoms with Gasteiger partial charge in [-0.3, -0.25) is 4.79 Å². The van der Waals surface area contributed by atoms with Gasteiger partial charge in [-0.05, 0) is 48.4 Å². The van der Waals surface area contributed by atoms with Gasteiger partial charge in [0.2, 0.25) is 5.91 Å². The Bertz CT molecular complexity index is 1220. The Morgan fingerprint density at radius 2 is 1.80 bits per heavy atom. The van der Waals surface area contributed by atoms with Crippen LogP contribution in [0.5, 0.6) is 5.75 Å². The molecule has 0 fully saturated rings. The Labute approximate surface area is 179 Å². The van der Waals surface area contributed by atoms with E-state index in [9.17, 15) is 4.79 Å². The fourth-order valence-electron chi connectivity index (χ4n) is 3.36. The smallest absolute Gasteiger partial charge is 0.248 e. The molecule has 0 bridgehead atoms. The fourth-order valence-corrected chi connectivity index (χ4v) is 3.49. The summed E-state index contributed by atoms with van der Waals surface area (Å²) in [6, 6.07) is 20.9. The largest absolute Gasteiger partial charge is 0.496 e. The molecule has 30 heavy (non-hydrogen) atoms. The third-order valence-corrected chi connectivity index (χ3v) is 5.12. The molecule has 5 heteroatoms. The van der Waals surface area contributed by atoms with Crippen molar-refractivity contribution >= 4 is 39.7 Å². The highest BCUT2D eigenvalue weighted by atomic mass is 35.5. The number of nitrogens with one attached hydrogen (secondary N) is 1. The summed E-state index contributed by atoms with van der Waals surface area (Å²) in [5.74, 6) is 0.414. The highest BCUT2D eigenvalue weighted by Gasteiger charge is 2.15. The summed E-state index contributed by atoms with van der Waals surface area (Å²) < 4.78 is 11.3. The number of halogens is 1. The molecule has 0 saturated carbocycles. The van der Waals surface area contributed by atoms with Gasteiger partial charge in [-0.1, -0.05) is 41.9 Å². The van der Waals surface area contributed by atoms with Gasteiger partial charge in [-0.15, -0.1) is 0 Å². The topological polar surface area (TPSA) is 51.5 Å². The number of methoxy groups -OCH3 is 1. The molecule has 0 aliphatic carbocycles. The molecule has 0 saturated heterocycles. The van der Waals surface area contributed by atoms with Gasteiger partial charge in [0.15, 0.2) is 0 Å². The number of fused-ring (bicyclic) bond motifs is 1. The van der Waals surface area contributed by atoms with Gasteiger partial charge in [0, 0.05) is 39.4 Å². The van der Waals surface area contributed by atoms with E-state index in [1.54, 1.807) is 43.7 Å². The van der Waals surface area contributed by atoms with Gasteiger partial charge in [-0.25, -0.2) is 0 Å². The standard InChI is InChI=1S/C25H20ClNO3/c1-16(12-25(28)27-19-10-8-18(26)9-11-19)20-13-21-22(17-6-4-3-5-7-17)15-30-24(21)14-23(20)29-2/h3-15H,1-2H3,(H,27,28)/b16-12+. The van der Waals surface area contributed by atoms with E-state index in [1.165, 1.54) is 0 Å². The van der Waals surface area contributed by atoms with Crippen LogP contribution < -0.4 is 10.1 Å². The summed E-state index contributed by atoms with van der Waals surface area (Å²) in [5, 5.41) is 4.42. The normalized spacial score (nSPS) is 11.5. The number of anilines is 1. The number of benzene rings is 3. The lowest BCUT2D eigenvalue weighted by molar-refractivity contribution is -0.111. The first kappa shape index (κ1) is 19.8. The van der Waals surface area contributed by atoms with Gasteiger partial charge >= 0.3 is 0 Å². The van der Waals surface area contributed by atoms with E-state index in [2.05, 4.69) is 5.32 Å². The first-order chi connectivity index (χ1) is 14.5. The Morgan fingerprint density at radius 1 is 1.07 bits per heavy atom. The second-order valence-corrected chi connectivity index (χ2v) is 7.32. The summed E-state index contributed by atoms with van der Waals surface area (Å²) in [5.41, 5.74) is 5.07. The maximum absolute atomic E-state index is 12.5. The average Bonchev–Trinajstić information content (AvgIpc) is 3.18. The second kappa shape index (κ2) is 8.47. The molecule has 0 spiro atoms. The molecule has 0 atom stereocenters. The van der Waals surface area contributed by atoms with E-state index < -0.39 is 0 Å². The predicted octanol–water partition coefficient (Wildman–Crippen LogP) is 6.80. The molecule has 0 unspecified atom stereocenters. The summed E-state index contributed by atoms with van der Waals surface area (Å²) in [7, 11) is 1.60. The van der Waals surface area contributed by atoms with Crippen molar-refractivity contribution in [3.63, 3.8) is 0 Å².